The Hall–Kier alpha value is -2.53. The highest BCUT2D eigenvalue weighted by Crippen LogP contribution is 2.29. The quantitative estimate of drug-likeness (QED) is 0.606. The second kappa shape index (κ2) is 11.4. The van der Waals surface area contributed by atoms with E-state index in [2.05, 4.69) is 45.9 Å². The molecule has 2 aliphatic rings. The van der Waals surface area contributed by atoms with Gasteiger partial charge in [-0.3, -0.25) is 4.90 Å². The highest BCUT2D eigenvalue weighted by Gasteiger charge is 2.31. The molecule has 0 aromatic heterocycles. The summed E-state index contributed by atoms with van der Waals surface area (Å²) in [6.07, 6.45) is 9.71. The fraction of sp³-hybridized carbons (Fsp3) is 0.519. The molecule has 32 heavy (non-hydrogen) atoms. The summed E-state index contributed by atoms with van der Waals surface area (Å²) in [6, 6.07) is 19.1. The van der Waals surface area contributed by atoms with Crippen molar-refractivity contribution >= 4 is 11.7 Å². The molecule has 3 atom stereocenters. The van der Waals surface area contributed by atoms with Crippen molar-refractivity contribution in [3.8, 4) is 5.75 Å². The summed E-state index contributed by atoms with van der Waals surface area (Å²) < 4.78 is 5.26. The Kier molecular flexibility index (Phi) is 8.05. The van der Waals surface area contributed by atoms with E-state index in [4.69, 9.17) is 4.74 Å². The van der Waals surface area contributed by atoms with Crippen LogP contribution in [0.4, 0.5) is 10.5 Å². The highest BCUT2D eigenvalue weighted by atomic mass is 16.5. The average Bonchev–Trinajstić information content (AvgIpc) is 2.82. The van der Waals surface area contributed by atoms with Crippen molar-refractivity contribution in [2.45, 2.75) is 63.5 Å². The molecule has 172 valence electrons. The first-order chi connectivity index (χ1) is 15.7. The van der Waals surface area contributed by atoms with E-state index in [-0.39, 0.29) is 12.1 Å². The van der Waals surface area contributed by atoms with Crippen LogP contribution in [0.5, 0.6) is 5.75 Å². The molecule has 4 rings (SSSR count). The zero-order valence-corrected chi connectivity index (χ0v) is 19.3. The molecule has 1 aliphatic carbocycles. The van der Waals surface area contributed by atoms with E-state index in [9.17, 15) is 4.79 Å². The maximum Gasteiger partial charge on any atom is 0.319 e. The molecule has 2 aromatic rings. The van der Waals surface area contributed by atoms with Crippen LogP contribution in [0, 0.1) is 5.92 Å². The van der Waals surface area contributed by atoms with Crippen LogP contribution < -0.4 is 15.4 Å². The summed E-state index contributed by atoms with van der Waals surface area (Å²) in [7, 11) is 1.64. The van der Waals surface area contributed by atoms with Crippen molar-refractivity contribution in [2.75, 3.05) is 25.5 Å². The SMILES string of the molecule is COc1cccc(NC(=O)NC2CCCCC2CN2CCCCC2Cc2ccccc2)c1. The van der Waals surface area contributed by atoms with Gasteiger partial charge in [0.25, 0.3) is 0 Å². The lowest BCUT2D eigenvalue weighted by Gasteiger charge is -2.41. The van der Waals surface area contributed by atoms with Gasteiger partial charge in [-0.1, -0.05) is 55.7 Å². The average molecular weight is 436 g/mol. The lowest BCUT2D eigenvalue weighted by molar-refractivity contribution is 0.100. The van der Waals surface area contributed by atoms with Gasteiger partial charge in [-0.25, -0.2) is 4.79 Å². The molecule has 0 bridgehead atoms. The molecule has 2 N–H and O–H groups in total. The van der Waals surface area contributed by atoms with E-state index < -0.39 is 0 Å². The Bertz CT molecular complexity index is 857. The van der Waals surface area contributed by atoms with E-state index in [0.29, 0.717) is 12.0 Å². The normalized spacial score (nSPS) is 24.0. The molecule has 3 unspecified atom stereocenters. The van der Waals surface area contributed by atoms with E-state index in [1.54, 1.807) is 7.11 Å². The Labute approximate surface area is 192 Å². The molecule has 1 heterocycles. The third kappa shape index (κ3) is 6.26. The van der Waals surface area contributed by atoms with Gasteiger partial charge in [0.2, 0.25) is 0 Å². The number of rotatable bonds is 7. The van der Waals surface area contributed by atoms with Crippen LogP contribution in [-0.2, 0) is 6.42 Å². The van der Waals surface area contributed by atoms with Gasteiger partial charge in [-0.2, -0.15) is 0 Å². The number of carbonyl (C=O) groups excluding carboxylic acids is 1. The van der Waals surface area contributed by atoms with Gasteiger partial charge in [-0.05, 0) is 62.3 Å². The number of ether oxygens (including phenoxy) is 1. The van der Waals surface area contributed by atoms with Gasteiger partial charge in [0.15, 0.2) is 0 Å². The van der Waals surface area contributed by atoms with Crippen molar-refractivity contribution in [1.29, 1.82) is 0 Å². The second-order valence-corrected chi connectivity index (χ2v) is 9.32. The summed E-state index contributed by atoms with van der Waals surface area (Å²) in [5, 5.41) is 6.28. The number of nitrogens with zero attached hydrogens (tertiary/aromatic N) is 1. The zero-order valence-electron chi connectivity index (χ0n) is 19.3. The van der Waals surface area contributed by atoms with Gasteiger partial charge in [-0.15, -0.1) is 0 Å². The standard InChI is InChI=1S/C27H37N3O2/c1-32-25-15-9-13-23(19-25)28-27(31)29-26-16-6-5-12-22(26)20-30-17-8-7-14-24(30)18-21-10-3-2-4-11-21/h2-4,9-11,13,15,19,22,24,26H,5-8,12,14,16-18,20H2,1H3,(H2,28,29,31). The van der Waals surface area contributed by atoms with Gasteiger partial charge >= 0.3 is 6.03 Å². The second-order valence-electron chi connectivity index (χ2n) is 9.32. The van der Waals surface area contributed by atoms with Gasteiger partial charge < -0.3 is 15.4 Å². The van der Waals surface area contributed by atoms with E-state index in [0.717, 1.165) is 30.8 Å². The number of hydrogen-bond acceptors (Lipinski definition) is 3. The fourth-order valence-electron chi connectivity index (χ4n) is 5.37. The molecule has 1 aliphatic heterocycles. The number of amides is 2. The molecule has 5 heteroatoms. The molecular formula is C27H37N3O2. The number of hydrogen-bond donors (Lipinski definition) is 2. The van der Waals surface area contributed by atoms with Crippen LogP contribution in [0.3, 0.4) is 0 Å². The first kappa shape index (κ1) is 22.7. The Morgan fingerprint density at radius 2 is 1.81 bits per heavy atom. The van der Waals surface area contributed by atoms with E-state index >= 15 is 0 Å². The Morgan fingerprint density at radius 3 is 2.66 bits per heavy atom. The number of likely N-dealkylation sites (tertiary alicyclic amines) is 1. The van der Waals surface area contributed by atoms with Gasteiger partial charge in [0.1, 0.15) is 5.75 Å². The van der Waals surface area contributed by atoms with Crippen LogP contribution >= 0.6 is 0 Å². The lowest BCUT2D eigenvalue weighted by Crippen LogP contribution is -2.50. The predicted octanol–water partition coefficient (Wildman–Crippen LogP) is 5.47. The predicted molar refractivity (Wildman–Crippen MR) is 130 cm³/mol. The zero-order chi connectivity index (χ0) is 22.2. The minimum atomic E-state index is -0.116. The van der Waals surface area contributed by atoms with Crippen LogP contribution in [0.1, 0.15) is 50.5 Å². The summed E-state index contributed by atoms with van der Waals surface area (Å²) in [6.45, 7) is 2.26. The van der Waals surface area contributed by atoms with Gasteiger partial charge in [0.05, 0.1) is 7.11 Å². The summed E-state index contributed by atoms with van der Waals surface area (Å²) in [5.74, 6) is 1.25. The highest BCUT2D eigenvalue weighted by molar-refractivity contribution is 5.89. The maximum absolute atomic E-state index is 12.7. The molecular weight excluding hydrogens is 398 g/mol. The largest absolute Gasteiger partial charge is 0.497 e. The molecule has 5 nitrogen and oxygen atoms in total. The van der Waals surface area contributed by atoms with Gasteiger partial charge in [0, 0.05) is 30.4 Å². The molecule has 2 aromatic carbocycles. The molecule has 2 fully saturated rings. The molecule has 1 saturated carbocycles. The lowest BCUT2D eigenvalue weighted by atomic mass is 9.83. The van der Waals surface area contributed by atoms with Crippen LogP contribution in [0.25, 0.3) is 0 Å². The van der Waals surface area contributed by atoms with Crippen LogP contribution in [0.15, 0.2) is 54.6 Å². The molecule has 1 saturated heterocycles. The molecule has 2 amide bonds. The third-order valence-corrected chi connectivity index (χ3v) is 7.09. The first-order valence-corrected chi connectivity index (χ1v) is 12.2. The Balaban J connectivity index is 1.36. The topological polar surface area (TPSA) is 53.6 Å². The van der Waals surface area contributed by atoms with Crippen molar-refractivity contribution in [1.82, 2.24) is 10.2 Å². The third-order valence-electron chi connectivity index (χ3n) is 7.09. The number of piperidine rings is 1. The number of carbonyl (C=O) groups is 1. The van der Waals surface area contributed by atoms with Crippen molar-refractivity contribution in [2.24, 2.45) is 5.92 Å². The summed E-state index contributed by atoms with van der Waals surface area (Å²) >= 11 is 0. The van der Waals surface area contributed by atoms with Crippen LogP contribution in [0.2, 0.25) is 0 Å². The molecule has 0 radical (unpaired) electrons. The maximum atomic E-state index is 12.7. The van der Waals surface area contributed by atoms with Crippen molar-refractivity contribution in [3.05, 3.63) is 60.2 Å². The monoisotopic (exact) mass is 435 g/mol. The number of anilines is 1. The number of urea groups is 1. The smallest absolute Gasteiger partial charge is 0.319 e. The van der Waals surface area contributed by atoms with E-state index in [1.807, 2.05) is 24.3 Å². The first-order valence-electron chi connectivity index (χ1n) is 12.2. The molecule has 0 spiro atoms. The Morgan fingerprint density at radius 1 is 1.00 bits per heavy atom. The van der Waals surface area contributed by atoms with Crippen molar-refractivity contribution < 1.29 is 9.53 Å². The number of methoxy groups -OCH3 is 1. The van der Waals surface area contributed by atoms with E-state index in [1.165, 1.54) is 50.6 Å². The summed E-state index contributed by atoms with van der Waals surface area (Å²) in [4.78, 5) is 15.5. The minimum absolute atomic E-state index is 0.116. The minimum Gasteiger partial charge on any atom is -0.497 e. The van der Waals surface area contributed by atoms with Crippen LogP contribution in [-0.4, -0.2) is 43.2 Å². The fourth-order valence-corrected chi connectivity index (χ4v) is 5.37. The summed E-state index contributed by atoms with van der Waals surface area (Å²) in [5.41, 5.74) is 2.19. The number of nitrogens with one attached hydrogen (secondary N) is 2. The number of benzene rings is 2. The van der Waals surface area contributed by atoms with Crippen molar-refractivity contribution in [3.63, 3.8) is 0 Å².